The Morgan fingerprint density at radius 1 is 1.35 bits per heavy atom. The molecule has 4 heteroatoms. The van der Waals surface area contributed by atoms with Crippen molar-refractivity contribution in [2.24, 2.45) is 0 Å². The number of carbonyl (C=O) groups is 1. The molecule has 0 radical (unpaired) electrons. The largest absolute Gasteiger partial charge is 0.469 e. The maximum Gasteiger partial charge on any atom is 0.305 e. The second-order valence-electron chi connectivity index (χ2n) is 5.13. The van der Waals surface area contributed by atoms with Crippen molar-refractivity contribution >= 4 is 5.97 Å². The van der Waals surface area contributed by atoms with Crippen LogP contribution in [0, 0.1) is 0 Å². The van der Waals surface area contributed by atoms with Gasteiger partial charge < -0.3 is 4.74 Å². The van der Waals surface area contributed by atoms with E-state index in [0.717, 1.165) is 6.42 Å². The van der Waals surface area contributed by atoms with Gasteiger partial charge in [-0.25, -0.2) is 0 Å². The van der Waals surface area contributed by atoms with Gasteiger partial charge in [0.25, 0.3) is 0 Å². The number of methoxy groups -OCH3 is 1. The number of ether oxygens (including phenoxy) is 1. The lowest BCUT2D eigenvalue weighted by atomic mass is 10.0. The fourth-order valence-electron chi connectivity index (χ4n) is 2.39. The molecule has 0 bridgehead atoms. The monoisotopic (exact) mass is 234 g/mol. The van der Waals surface area contributed by atoms with E-state index in [2.05, 4.69) is 10.2 Å². The van der Waals surface area contributed by atoms with Crippen molar-refractivity contribution in [3.8, 4) is 0 Å². The lowest BCUT2D eigenvalue weighted by Crippen LogP contribution is -2.04. The van der Waals surface area contributed by atoms with Gasteiger partial charge in [0.1, 0.15) is 0 Å². The predicted molar refractivity (Wildman–Crippen MR) is 62.9 cm³/mol. The first-order chi connectivity index (χ1) is 8.29. The van der Waals surface area contributed by atoms with Crippen molar-refractivity contribution < 1.29 is 9.53 Å². The molecular weight excluding hydrogens is 216 g/mol. The quantitative estimate of drug-likeness (QED) is 0.795. The highest BCUT2D eigenvalue weighted by Crippen LogP contribution is 2.46. The highest BCUT2D eigenvalue weighted by molar-refractivity contribution is 5.69. The van der Waals surface area contributed by atoms with Crippen molar-refractivity contribution in [3.63, 3.8) is 0 Å². The third kappa shape index (κ3) is 2.21. The molecule has 92 valence electrons. The van der Waals surface area contributed by atoms with Gasteiger partial charge in [0, 0.05) is 24.0 Å². The number of nitrogens with zero attached hydrogens (tertiary/aromatic N) is 1. The van der Waals surface area contributed by atoms with Crippen molar-refractivity contribution in [3.05, 3.63) is 17.0 Å². The zero-order chi connectivity index (χ0) is 11.8. The van der Waals surface area contributed by atoms with Crippen molar-refractivity contribution in [2.45, 2.75) is 50.4 Å². The first kappa shape index (κ1) is 10.8. The molecule has 0 spiro atoms. The van der Waals surface area contributed by atoms with E-state index >= 15 is 0 Å². The fraction of sp³-hybridized carbons (Fsp3) is 0.692. The van der Waals surface area contributed by atoms with Crippen molar-refractivity contribution in [1.29, 1.82) is 0 Å². The summed E-state index contributed by atoms with van der Waals surface area (Å²) >= 11 is 0. The molecule has 1 heterocycles. The molecule has 2 saturated carbocycles. The van der Waals surface area contributed by atoms with E-state index in [1.54, 1.807) is 0 Å². The Bertz CT molecular complexity index is 401. The molecule has 0 saturated heterocycles. The zero-order valence-corrected chi connectivity index (χ0v) is 10.2. The summed E-state index contributed by atoms with van der Waals surface area (Å²) in [5.41, 5.74) is 3.81. The molecule has 3 rings (SSSR count). The van der Waals surface area contributed by atoms with Crippen LogP contribution in [0.5, 0.6) is 0 Å². The van der Waals surface area contributed by atoms with Crippen LogP contribution in [0.4, 0.5) is 0 Å². The van der Waals surface area contributed by atoms with Gasteiger partial charge in [0.2, 0.25) is 0 Å². The van der Waals surface area contributed by atoms with Gasteiger partial charge in [-0.1, -0.05) is 0 Å². The summed E-state index contributed by atoms with van der Waals surface area (Å²) < 4.78 is 4.71. The molecule has 2 fully saturated rings. The van der Waals surface area contributed by atoms with E-state index in [-0.39, 0.29) is 5.97 Å². The van der Waals surface area contributed by atoms with Crippen LogP contribution in [-0.2, 0) is 16.0 Å². The Hall–Kier alpha value is -1.32. The minimum atomic E-state index is -0.130. The zero-order valence-electron chi connectivity index (χ0n) is 10.2. The van der Waals surface area contributed by atoms with Gasteiger partial charge in [0.05, 0.1) is 12.8 Å². The van der Waals surface area contributed by atoms with E-state index in [1.165, 1.54) is 49.7 Å². The Labute approximate surface area is 101 Å². The number of hydrogen-bond acceptors (Lipinski definition) is 3. The van der Waals surface area contributed by atoms with Crippen LogP contribution in [0.2, 0.25) is 0 Å². The summed E-state index contributed by atoms with van der Waals surface area (Å²) in [7, 11) is 1.45. The smallest absolute Gasteiger partial charge is 0.305 e. The van der Waals surface area contributed by atoms with E-state index in [9.17, 15) is 4.79 Å². The average molecular weight is 234 g/mol. The van der Waals surface area contributed by atoms with E-state index in [1.807, 2.05) is 0 Å². The maximum atomic E-state index is 11.2. The van der Waals surface area contributed by atoms with Gasteiger partial charge in [-0.05, 0) is 37.7 Å². The van der Waals surface area contributed by atoms with Crippen LogP contribution >= 0.6 is 0 Å². The van der Waals surface area contributed by atoms with Crippen molar-refractivity contribution in [1.82, 2.24) is 10.2 Å². The number of carbonyl (C=O) groups excluding carboxylic acids is 1. The molecule has 4 nitrogen and oxygen atoms in total. The molecule has 0 aromatic carbocycles. The Balaban J connectivity index is 1.78. The molecule has 0 atom stereocenters. The van der Waals surface area contributed by atoms with Gasteiger partial charge >= 0.3 is 5.97 Å². The second-order valence-corrected chi connectivity index (χ2v) is 5.13. The number of nitrogens with one attached hydrogen (secondary N) is 1. The fourth-order valence-corrected chi connectivity index (χ4v) is 2.39. The van der Waals surface area contributed by atoms with Crippen LogP contribution in [0.15, 0.2) is 0 Å². The Morgan fingerprint density at radius 2 is 2.06 bits per heavy atom. The van der Waals surface area contributed by atoms with E-state index < -0.39 is 0 Å². The third-order valence-corrected chi connectivity index (χ3v) is 3.69. The first-order valence-corrected chi connectivity index (χ1v) is 6.43. The molecule has 1 aromatic heterocycles. The van der Waals surface area contributed by atoms with Crippen molar-refractivity contribution in [2.75, 3.05) is 7.11 Å². The molecular formula is C13H18N2O2. The van der Waals surface area contributed by atoms with Gasteiger partial charge in [-0.3, -0.25) is 9.89 Å². The lowest BCUT2D eigenvalue weighted by molar-refractivity contribution is -0.140. The van der Waals surface area contributed by atoms with Crippen LogP contribution in [0.25, 0.3) is 0 Å². The van der Waals surface area contributed by atoms with Crippen LogP contribution in [0.1, 0.15) is 60.9 Å². The van der Waals surface area contributed by atoms with Gasteiger partial charge in [0.15, 0.2) is 0 Å². The van der Waals surface area contributed by atoms with Gasteiger partial charge in [-0.2, -0.15) is 5.10 Å². The summed E-state index contributed by atoms with van der Waals surface area (Å²) in [6, 6.07) is 0. The number of aromatic nitrogens is 2. The highest BCUT2D eigenvalue weighted by Gasteiger charge is 2.34. The van der Waals surface area contributed by atoms with Crippen LogP contribution in [-0.4, -0.2) is 23.3 Å². The van der Waals surface area contributed by atoms with Gasteiger partial charge in [-0.15, -0.1) is 0 Å². The minimum absolute atomic E-state index is 0.130. The summed E-state index contributed by atoms with van der Waals surface area (Å²) in [5.74, 6) is 1.18. The topological polar surface area (TPSA) is 55.0 Å². The SMILES string of the molecule is COC(=O)CCc1c(C2CC2)n[nH]c1C1CC1. The number of hydrogen-bond donors (Lipinski definition) is 1. The molecule has 2 aliphatic carbocycles. The molecule has 17 heavy (non-hydrogen) atoms. The summed E-state index contributed by atoms with van der Waals surface area (Å²) in [4.78, 5) is 11.2. The summed E-state index contributed by atoms with van der Waals surface area (Å²) in [6.45, 7) is 0. The standard InChI is InChI=1S/C13H18N2O2/c1-17-11(16)7-6-10-12(8-2-3-8)14-15-13(10)9-4-5-9/h8-9H,2-7H2,1H3,(H,14,15). The molecule has 0 amide bonds. The lowest BCUT2D eigenvalue weighted by Gasteiger charge is -2.04. The molecule has 2 aliphatic rings. The summed E-state index contributed by atoms with van der Waals surface area (Å²) in [6.07, 6.45) is 6.27. The normalized spacial score (nSPS) is 19.4. The average Bonchev–Trinajstić information content (AvgIpc) is 3.24. The molecule has 0 unspecified atom stereocenters. The Kier molecular flexibility index (Phi) is 2.65. The number of esters is 1. The Morgan fingerprint density at radius 3 is 2.65 bits per heavy atom. The maximum absolute atomic E-state index is 11.2. The summed E-state index contributed by atoms with van der Waals surface area (Å²) in [5, 5.41) is 7.66. The second kappa shape index (κ2) is 4.17. The minimum Gasteiger partial charge on any atom is -0.469 e. The number of H-pyrrole nitrogens is 1. The predicted octanol–water partition coefficient (Wildman–Crippen LogP) is 2.27. The molecule has 1 aromatic rings. The third-order valence-electron chi connectivity index (χ3n) is 3.69. The van der Waals surface area contributed by atoms with E-state index in [0.29, 0.717) is 18.3 Å². The first-order valence-electron chi connectivity index (χ1n) is 6.43. The van der Waals surface area contributed by atoms with E-state index in [4.69, 9.17) is 4.74 Å². The number of rotatable bonds is 5. The highest BCUT2D eigenvalue weighted by atomic mass is 16.5. The van der Waals surface area contributed by atoms with Crippen LogP contribution in [0.3, 0.4) is 0 Å². The molecule has 0 aliphatic heterocycles. The van der Waals surface area contributed by atoms with Crippen LogP contribution < -0.4 is 0 Å². The molecule has 1 N–H and O–H groups in total. The number of aromatic amines is 1.